The van der Waals surface area contributed by atoms with E-state index in [1.165, 1.54) is 31.4 Å². The van der Waals surface area contributed by atoms with Crippen molar-refractivity contribution in [3.05, 3.63) is 96.2 Å². The van der Waals surface area contributed by atoms with Crippen LogP contribution in [0.25, 0.3) is 10.9 Å². The van der Waals surface area contributed by atoms with E-state index in [4.69, 9.17) is 15.2 Å². The third-order valence-corrected chi connectivity index (χ3v) is 7.26. The SMILES string of the molecule is C=CCOc1ccccc1S(=O)(=O)NC(=O)c1ccc(C(C)c2c[nH]c3ccc(N)cc23)c(OC)c1. The van der Waals surface area contributed by atoms with Crippen molar-refractivity contribution in [2.24, 2.45) is 0 Å². The Labute approximate surface area is 209 Å². The highest BCUT2D eigenvalue weighted by molar-refractivity contribution is 7.90. The van der Waals surface area contributed by atoms with Crippen LogP contribution in [-0.4, -0.2) is 33.0 Å². The number of ether oxygens (including phenoxy) is 2. The molecule has 1 amide bonds. The van der Waals surface area contributed by atoms with E-state index in [2.05, 4.69) is 16.3 Å². The summed E-state index contributed by atoms with van der Waals surface area (Å²) in [5.74, 6) is -0.296. The molecule has 186 valence electrons. The number of anilines is 1. The number of benzene rings is 3. The molecule has 0 bridgehead atoms. The van der Waals surface area contributed by atoms with Gasteiger partial charge in [0.15, 0.2) is 0 Å². The van der Waals surface area contributed by atoms with Crippen LogP contribution in [-0.2, 0) is 10.0 Å². The first-order valence-electron chi connectivity index (χ1n) is 11.2. The van der Waals surface area contributed by atoms with E-state index in [1.807, 2.05) is 31.3 Å². The second kappa shape index (κ2) is 10.2. The summed E-state index contributed by atoms with van der Waals surface area (Å²) in [7, 11) is -2.69. The zero-order valence-electron chi connectivity index (χ0n) is 19.9. The van der Waals surface area contributed by atoms with Crippen molar-refractivity contribution in [1.82, 2.24) is 9.71 Å². The maximum Gasteiger partial charge on any atom is 0.268 e. The van der Waals surface area contributed by atoms with Gasteiger partial charge in [0.1, 0.15) is 23.0 Å². The van der Waals surface area contributed by atoms with Crippen LogP contribution in [0.1, 0.15) is 34.3 Å². The van der Waals surface area contributed by atoms with Gasteiger partial charge >= 0.3 is 0 Å². The molecular weight excluding hydrogens is 478 g/mol. The number of hydrogen-bond donors (Lipinski definition) is 3. The van der Waals surface area contributed by atoms with Crippen LogP contribution < -0.4 is 19.9 Å². The van der Waals surface area contributed by atoms with Crippen molar-refractivity contribution in [3.8, 4) is 11.5 Å². The molecule has 0 aliphatic carbocycles. The summed E-state index contributed by atoms with van der Waals surface area (Å²) in [6.45, 7) is 5.71. The van der Waals surface area contributed by atoms with Crippen LogP contribution in [0.4, 0.5) is 5.69 Å². The van der Waals surface area contributed by atoms with Crippen molar-refractivity contribution >= 4 is 32.5 Å². The van der Waals surface area contributed by atoms with E-state index in [9.17, 15) is 13.2 Å². The quantitative estimate of drug-likeness (QED) is 0.226. The van der Waals surface area contributed by atoms with Crippen molar-refractivity contribution in [2.75, 3.05) is 19.5 Å². The maximum absolute atomic E-state index is 13.0. The minimum absolute atomic E-state index is 0.0924. The standard InChI is InChI=1S/C27H27N3O5S/c1-4-13-35-24-7-5-6-8-26(24)36(32,33)30-27(31)18-9-11-20(25(14-18)34-3)17(2)22-16-29-23-12-10-19(28)15-21(22)23/h4-12,14-17,29H,1,13,28H2,2-3H3,(H,30,31). The smallest absolute Gasteiger partial charge is 0.268 e. The molecule has 0 spiro atoms. The van der Waals surface area contributed by atoms with Gasteiger partial charge in [-0.3, -0.25) is 4.79 Å². The minimum Gasteiger partial charge on any atom is -0.496 e. The first-order valence-corrected chi connectivity index (χ1v) is 12.7. The summed E-state index contributed by atoms with van der Waals surface area (Å²) >= 11 is 0. The molecular formula is C27H27N3O5S. The third kappa shape index (κ3) is 4.92. The molecule has 1 aromatic heterocycles. The largest absolute Gasteiger partial charge is 0.496 e. The van der Waals surface area contributed by atoms with E-state index in [0.717, 1.165) is 22.0 Å². The van der Waals surface area contributed by atoms with Gasteiger partial charge in [-0.25, -0.2) is 13.1 Å². The highest BCUT2D eigenvalue weighted by atomic mass is 32.2. The van der Waals surface area contributed by atoms with Crippen molar-refractivity contribution in [1.29, 1.82) is 0 Å². The fourth-order valence-electron chi connectivity index (χ4n) is 4.07. The predicted molar refractivity (Wildman–Crippen MR) is 140 cm³/mol. The summed E-state index contributed by atoms with van der Waals surface area (Å²) in [5.41, 5.74) is 9.60. The van der Waals surface area contributed by atoms with Crippen LogP contribution >= 0.6 is 0 Å². The number of H-pyrrole nitrogens is 1. The van der Waals surface area contributed by atoms with Gasteiger partial charge in [0.25, 0.3) is 15.9 Å². The zero-order valence-corrected chi connectivity index (χ0v) is 20.8. The van der Waals surface area contributed by atoms with E-state index >= 15 is 0 Å². The lowest BCUT2D eigenvalue weighted by atomic mass is 9.91. The first-order chi connectivity index (χ1) is 17.2. The number of fused-ring (bicyclic) bond motifs is 1. The van der Waals surface area contributed by atoms with Crippen LogP contribution in [0.3, 0.4) is 0 Å². The Kier molecular flexibility index (Phi) is 7.03. The van der Waals surface area contributed by atoms with Gasteiger partial charge in [-0.05, 0) is 48.0 Å². The summed E-state index contributed by atoms with van der Waals surface area (Å²) < 4.78 is 39.0. The number of aromatic nitrogens is 1. The Morgan fingerprint density at radius 3 is 2.64 bits per heavy atom. The molecule has 0 fully saturated rings. The van der Waals surface area contributed by atoms with E-state index in [0.29, 0.717) is 11.4 Å². The first kappa shape index (κ1) is 24.9. The van der Waals surface area contributed by atoms with Crippen LogP contribution in [0, 0.1) is 0 Å². The van der Waals surface area contributed by atoms with Gasteiger partial charge in [-0.2, -0.15) is 0 Å². The van der Waals surface area contributed by atoms with Crippen LogP contribution in [0.2, 0.25) is 0 Å². The van der Waals surface area contributed by atoms with Crippen molar-refractivity contribution in [2.45, 2.75) is 17.7 Å². The molecule has 1 heterocycles. The van der Waals surface area contributed by atoms with E-state index in [1.54, 1.807) is 24.3 Å². The summed E-state index contributed by atoms with van der Waals surface area (Å²) in [6.07, 6.45) is 3.43. The number of sulfonamides is 1. The Morgan fingerprint density at radius 1 is 1.11 bits per heavy atom. The average Bonchev–Trinajstić information content (AvgIpc) is 3.29. The van der Waals surface area contributed by atoms with E-state index in [-0.39, 0.29) is 28.7 Å². The number of nitrogens with two attached hydrogens (primary N) is 1. The number of carbonyl (C=O) groups excluding carboxylic acids is 1. The lowest BCUT2D eigenvalue weighted by Crippen LogP contribution is -2.31. The molecule has 4 aromatic rings. The maximum atomic E-state index is 13.0. The second-order valence-electron chi connectivity index (χ2n) is 8.21. The highest BCUT2D eigenvalue weighted by Crippen LogP contribution is 2.36. The Bertz CT molecular complexity index is 1540. The zero-order chi connectivity index (χ0) is 25.9. The number of para-hydroxylation sites is 1. The summed E-state index contributed by atoms with van der Waals surface area (Å²) in [5, 5.41) is 0.995. The number of methoxy groups -OCH3 is 1. The number of nitrogen functional groups attached to an aromatic ring is 1. The number of amides is 1. The number of nitrogens with one attached hydrogen (secondary N) is 2. The van der Waals surface area contributed by atoms with Gasteiger partial charge < -0.3 is 20.2 Å². The van der Waals surface area contributed by atoms with E-state index < -0.39 is 15.9 Å². The van der Waals surface area contributed by atoms with Gasteiger partial charge in [-0.1, -0.05) is 37.8 Å². The fourth-order valence-corrected chi connectivity index (χ4v) is 5.19. The van der Waals surface area contributed by atoms with Gasteiger partial charge in [0.05, 0.1) is 7.11 Å². The molecule has 8 nitrogen and oxygen atoms in total. The fraction of sp³-hybridized carbons (Fsp3) is 0.148. The normalized spacial score (nSPS) is 12.2. The molecule has 3 aromatic carbocycles. The Morgan fingerprint density at radius 2 is 1.89 bits per heavy atom. The number of carbonyl (C=O) groups is 1. The lowest BCUT2D eigenvalue weighted by Gasteiger charge is -2.17. The molecule has 4 rings (SSSR count). The van der Waals surface area contributed by atoms with Crippen LogP contribution in [0.5, 0.6) is 11.5 Å². The molecule has 0 radical (unpaired) electrons. The lowest BCUT2D eigenvalue weighted by molar-refractivity contribution is 0.0981. The molecule has 1 atom stereocenters. The molecule has 0 aliphatic rings. The Hall–Kier alpha value is -4.24. The average molecular weight is 506 g/mol. The molecule has 1 unspecified atom stereocenters. The highest BCUT2D eigenvalue weighted by Gasteiger charge is 2.24. The number of hydrogen-bond acceptors (Lipinski definition) is 6. The second-order valence-corrected chi connectivity index (χ2v) is 9.86. The molecule has 0 aliphatic heterocycles. The van der Waals surface area contributed by atoms with Gasteiger partial charge in [0, 0.05) is 39.8 Å². The molecule has 4 N–H and O–H groups in total. The predicted octanol–water partition coefficient (Wildman–Crippen LogP) is 4.59. The number of rotatable bonds is 9. The molecule has 0 saturated heterocycles. The van der Waals surface area contributed by atoms with Gasteiger partial charge in [-0.15, -0.1) is 0 Å². The van der Waals surface area contributed by atoms with Crippen molar-refractivity contribution < 1.29 is 22.7 Å². The number of aromatic amines is 1. The van der Waals surface area contributed by atoms with Crippen molar-refractivity contribution in [3.63, 3.8) is 0 Å². The summed E-state index contributed by atoms with van der Waals surface area (Å²) in [6, 6.07) is 16.6. The molecule has 0 saturated carbocycles. The molecule has 9 heteroatoms. The summed E-state index contributed by atoms with van der Waals surface area (Å²) in [4.78, 5) is 16.0. The topological polar surface area (TPSA) is 124 Å². The monoisotopic (exact) mass is 505 g/mol. The van der Waals surface area contributed by atoms with Gasteiger partial charge in [0.2, 0.25) is 0 Å². The molecule has 36 heavy (non-hydrogen) atoms. The minimum atomic E-state index is -4.19. The third-order valence-electron chi connectivity index (χ3n) is 5.89. The Balaban J connectivity index is 1.62. The van der Waals surface area contributed by atoms with Crippen LogP contribution in [0.15, 0.2) is 84.4 Å².